The number of carbonyl (C=O) groups is 2. The first-order valence-corrected chi connectivity index (χ1v) is 9.14. The van der Waals surface area contributed by atoms with Crippen LogP contribution in [0.25, 0.3) is 11.1 Å². The Hall–Kier alpha value is -2.51. The van der Waals surface area contributed by atoms with E-state index in [9.17, 15) is 9.59 Å². The molecule has 0 aliphatic carbocycles. The molecule has 0 unspecified atom stereocenters. The van der Waals surface area contributed by atoms with Crippen LogP contribution >= 0.6 is 23.4 Å². The Balaban J connectivity index is 1.53. The molecule has 0 bridgehead atoms. The quantitative estimate of drug-likeness (QED) is 0.640. The summed E-state index contributed by atoms with van der Waals surface area (Å²) in [6.45, 7) is 3.86. The number of amides is 3. The number of fused-ring (bicyclic) bond motifs is 1. The molecule has 1 aromatic heterocycles. The number of hydrogen-bond donors (Lipinski definition) is 2. The van der Waals surface area contributed by atoms with E-state index in [4.69, 9.17) is 16.0 Å². The van der Waals surface area contributed by atoms with Crippen LogP contribution in [0.15, 0.2) is 46.0 Å². The second-order valence-electron chi connectivity index (χ2n) is 5.70. The highest BCUT2D eigenvalue weighted by atomic mass is 35.5. The number of oxazole rings is 1. The molecule has 0 spiro atoms. The molecule has 0 fully saturated rings. The number of urea groups is 1. The minimum atomic E-state index is -0.577. The summed E-state index contributed by atoms with van der Waals surface area (Å²) in [5.41, 5.74) is 3.88. The van der Waals surface area contributed by atoms with Gasteiger partial charge in [0.05, 0.1) is 5.75 Å². The van der Waals surface area contributed by atoms with Crippen LogP contribution in [0, 0.1) is 13.8 Å². The zero-order chi connectivity index (χ0) is 18.7. The van der Waals surface area contributed by atoms with Gasteiger partial charge in [-0.1, -0.05) is 41.1 Å². The standard InChI is InChI=1S/C18H16ClN3O3S/c1-10-3-5-13(11(2)7-10)20-17(24)22-16(23)9-26-18-21-14-6-4-12(19)8-15(14)25-18/h3-8H,9H2,1-2H3,(H2,20,22,23,24). The van der Waals surface area contributed by atoms with E-state index in [1.165, 1.54) is 0 Å². The predicted molar refractivity (Wildman–Crippen MR) is 103 cm³/mol. The zero-order valence-electron chi connectivity index (χ0n) is 14.1. The van der Waals surface area contributed by atoms with Crippen molar-refractivity contribution in [2.75, 3.05) is 11.1 Å². The lowest BCUT2D eigenvalue weighted by molar-refractivity contribution is -0.117. The molecule has 26 heavy (non-hydrogen) atoms. The first-order chi connectivity index (χ1) is 12.4. The maximum Gasteiger partial charge on any atom is 0.325 e. The Morgan fingerprint density at radius 1 is 1.19 bits per heavy atom. The number of halogens is 1. The number of aromatic nitrogens is 1. The van der Waals surface area contributed by atoms with Gasteiger partial charge in [0.1, 0.15) is 5.52 Å². The second kappa shape index (κ2) is 7.80. The second-order valence-corrected chi connectivity index (χ2v) is 7.06. The molecule has 3 aromatic rings. The zero-order valence-corrected chi connectivity index (χ0v) is 15.7. The summed E-state index contributed by atoms with van der Waals surface area (Å²) in [7, 11) is 0. The van der Waals surface area contributed by atoms with Gasteiger partial charge in [-0.3, -0.25) is 10.1 Å². The van der Waals surface area contributed by atoms with Crippen LogP contribution in [0.5, 0.6) is 0 Å². The third-order valence-corrected chi connectivity index (χ3v) is 4.60. The summed E-state index contributed by atoms with van der Waals surface area (Å²) in [5, 5.41) is 5.83. The minimum Gasteiger partial charge on any atom is -0.431 e. The maximum atomic E-state index is 11.9. The number of aryl methyl sites for hydroxylation is 2. The SMILES string of the molecule is Cc1ccc(NC(=O)NC(=O)CSc2nc3ccc(Cl)cc3o2)c(C)c1. The van der Waals surface area contributed by atoms with E-state index in [0.29, 0.717) is 27.0 Å². The Kier molecular flexibility index (Phi) is 5.49. The fourth-order valence-corrected chi connectivity index (χ4v) is 3.14. The lowest BCUT2D eigenvalue weighted by Gasteiger charge is -2.09. The number of imide groups is 1. The van der Waals surface area contributed by atoms with Gasteiger partial charge in [0.2, 0.25) is 5.91 Å². The molecule has 134 valence electrons. The van der Waals surface area contributed by atoms with Crippen molar-refractivity contribution in [1.82, 2.24) is 10.3 Å². The number of benzene rings is 2. The third-order valence-electron chi connectivity index (χ3n) is 3.54. The number of carbonyl (C=O) groups excluding carboxylic acids is 2. The molecular weight excluding hydrogens is 374 g/mol. The highest BCUT2D eigenvalue weighted by molar-refractivity contribution is 7.99. The Labute approximate surface area is 159 Å². The molecule has 0 aliphatic rings. The molecule has 0 aliphatic heterocycles. The van der Waals surface area contributed by atoms with Crippen molar-refractivity contribution in [1.29, 1.82) is 0 Å². The molecule has 2 aromatic carbocycles. The van der Waals surface area contributed by atoms with Crippen LogP contribution in [-0.2, 0) is 4.79 Å². The molecule has 8 heteroatoms. The van der Waals surface area contributed by atoms with E-state index in [1.807, 2.05) is 26.0 Å². The summed E-state index contributed by atoms with van der Waals surface area (Å²) in [4.78, 5) is 28.1. The average Bonchev–Trinajstić information content (AvgIpc) is 2.97. The van der Waals surface area contributed by atoms with E-state index in [2.05, 4.69) is 15.6 Å². The monoisotopic (exact) mass is 389 g/mol. The molecule has 3 amide bonds. The molecule has 0 saturated heterocycles. The summed E-state index contributed by atoms with van der Waals surface area (Å²) in [6, 6.07) is 10.2. The minimum absolute atomic E-state index is 0.000847. The Morgan fingerprint density at radius 3 is 2.77 bits per heavy atom. The average molecular weight is 390 g/mol. The van der Waals surface area contributed by atoms with Crippen molar-refractivity contribution in [2.45, 2.75) is 19.1 Å². The first-order valence-electron chi connectivity index (χ1n) is 7.78. The molecule has 3 rings (SSSR count). The number of anilines is 1. The number of nitrogens with one attached hydrogen (secondary N) is 2. The largest absolute Gasteiger partial charge is 0.431 e. The fourth-order valence-electron chi connectivity index (χ4n) is 2.34. The fraction of sp³-hybridized carbons (Fsp3) is 0.167. The third kappa shape index (κ3) is 4.56. The van der Waals surface area contributed by atoms with Gasteiger partial charge >= 0.3 is 6.03 Å². The molecule has 1 heterocycles. The van der Waals surface area contributed by atoms with Gasteiger partial charge < -0.3 is 9.73 Å². The Bertz CT molecular complexity index is 987. The van der Waals surface area contributed by atoms with Gasteiger partial charge in [0.15, 0.2) is 5.58 Å². The highest BCUT2D eigenvalue weighted by Crippen LogP contribution is 2.25. The van der Waals surface area contributed by atoms with Gasteiger partial charge in [-0.2, -0.15) is 0 Å². The van der Waals surface area contributed by atoms with Crippen LogP contribution in [0.3, 0.4) is 0 Å². The van der Waals surface area contributed by atoms with E-state index < -0.39 is 11.9 Å². The molecule has 0 radical (unpaired) electrons. The Morgan fingerprint density at radius 2 is 2.00 bits per heavy atom. The van der Waals surface area contributed by atoms with Crippen LogP contribution in [0.1, 0.15) is 11.1 Å². The van der Waals surface area contributed by atoms with E-state index >= 15 is 0 Å². The lowest BCUT2D eigenvalue weighted by Crippen LogP contribution is -2.35. The van der Waals surface area contributed by atoms with Crippen molar-refractivity contribution in [3.8, 4) is 0 Å². The van der Waals surface area contributed by atoms with Gasteiger partial charge in [0.25, 0.3) is 5.22 Å². The van der Waals surface area contributed by atoms with Crippen molar-refractivity contribution in [3.63, 3.8) is 0 Å². The predicted octanol–water partition coefficient (Wildman–Crippen LogP) is 4.54. The summed E-state index contributed by atoms with van der Waals surface area (Å²) >= 11 is 7.00. The lowest BCUT2D eigenvalue weighted by atomic mass is 10.1. The van der Waals surface area contributed by atoms with Crippen molar-refractivity contribution in [2.24, 2.45) is 0 Å². The van der Waals surface area contributed by atoms with Crippen LogP contribution in [0.4, 0.5) is 10.5 Å². The highest BCUT2D eigenvalue weighted by Gasteiger charge is 2.13. The van der Waals surface area contributed by atoms with Crippen molar-refractivity contribution >= 4 is 52.1 Å². The molecule has 0 atom stereocenters. The van der Waals surface area contributed by atoms with E-state index in [0.717, 1.165) is 22.9 Å². The first kappa shape index (κ1) is 18.3. The van der Waals surface area contributed by atoms with E-state index in [-0.39, 0.29) is 5.75 Å². The summed E-state index contributed by atoms with van der Waals surface area (Å²) in [6.07, 6.45) is 0. The van der Waals surface area contributed by atoms with Crippen molar-refractivity contribution in [3.05, 3.63) is 52.5 Å². The van der Waals surface area contributed by atoms with Gasteiger partial charge in [-0.15, -0.1) is 0 Å². The molecule has 0 saturated carbocycles. The molecule has 2 N–H and O–H groups in total. The van der Waals surface area contributed by atoms with Crippen molar-refractivity contribution < 1.29 is 14.0 Å². The normalized spacial score (nSPS) is 10.7. The summed E-state index contributed by atoms with van der Waals surface area (Å²) < 4.78 is 5.51. The van der Waals surface area contributed by atoms with Crippen LogP contribution in [0.2, 0.25) is 5.02 Å². The maximum absolute atomic E-state index is 11.9. The van der Waals surface area contributed by atoms with Gasteiger partial charge in [0, 0.05) is 16.8 Å². The smallest absolute Gasteiger partial charge is 0.325 e. The van der Waals surface area contributed by atoms with Crippen LogP contribution in [-0.4, -0.2) is 22.7 Å². The van der Waals surface area contributed by atoms with Gasteiger partial charge in [-0.25, -0.2) is 9.78 Å². The molecule has 6 nitrogen and oxygen atoms in total. The van der Waals surface area contributed by atoms with Crippen LogP contribution < -0.4 is 10.6 Å². The van der Waals surface area contributed by atoms with Gasteiger partial charge in [-0.05, 0) is 37.6 Å². The van der Waals surface area contributed by atoms with E-state index in [1.54, 1.807) is 24.3 Å². The number of rotatable bonds is 4. The number of thioether (sulfide) groups is 1. The molecular formula is C18H16ClN3O3S. The number of hydrogen-bond acceptors (Lipinski definition) is 5. The topological polar surface area (TPSA) is 84.2 Å². The summed E-state index contributed by atoms with van der Waals surface area (Å²) in [5.74, 6) is -0.446. The number of nitrogens with zero attached hydrogens (tertiary/aromatic N) is 1.